The maximum atomic E-state index is 15.2. The Balaban J connectivity index is 2.30. The lowest BCUT2D eigenvalue weighted by Crippen LogP contribution is -2.56. The van der Waals surface area contributed by atoms with Crippen LogP contribution in [0.5, 0.6) is 0 Å². The number of rotatable bonds is 22. The number of carbonyl (C=O) groups is 3. The van der Waals surface area contributed by atoms with Gasteiger partial charge in [0.05, 0.1) is 6.10 Å². The van der Waals surface area contributed by atoms with E-state index in [0.29, 0.717) is 34.2 Å². The molecule has 67 heavy (non-hydrogen) atoms. The number of hydrogen-bond acceptors (Lipinski definition) is 10. The molecular formula is C48H51F9O10. The number of ether oxygens (including phenoxy) is 7. The van der Waals surface area contributed by atoms with E-state index in [0.717, 1.165) is 68.5 Å². The van der Waals surface area contributed by atoms with Gasteiger partial charge in [-0.25, -0.2) is 14.4 Å². The highest BCUT2D eigenvalue weighted by Crippen LogP contribution is 2.46. The van der Waals surface area contributed by atoms with Gasteiger partial charge in [0.2, 0.25) is 6.10 Å². The molecule has 0 amide bonds. The van der Waals surface area contributed by atoms with Crippen LogP contribution >= 0.6 is 0 Å². The number of alkyl halides is 9. The first-order valence-corrected chi connectivity index (χ1v) is 20.8. The molecule has 10 nitrogen and oxygen atoms in total. The van der Waals surface area contributed by atoms with E-state index in [2.05, 4.69) is 23.7 Å². The highest BCUT2D eigenvalue weighted by molar-refractivity contribution is 5.85. The summed E-state index contributed by atoms with van der Waals surface area (Å²) in [5.74, 6) is 2.63. The quantitative estimate of drug-likeness (QED) is 0.0317. The van der Waals surface area contributed by atoms with Crippen LogP contribution in [0.25, 0.3) is 0 Å². The van der Waals surface area contributed by atoms with Gasteiger partial charge < -0.3 is 33.2 Å². The molecule has 0 spiro atoms. The zero-order chi connectivity index (χ0) is 50.1. The number of halogens is 9. The van der Waals surface area contributed by atoms with E-state index >= 15 is 26.3 Å². The maximum absolute atomic E-state index is 15.2. The van der Waals surface area contributed by atoms with Crippen molar-refractivity contribution in [3.63, 3.8) is 0 Å². The second-order valence-electron chi connectivity index (χ2n) is 14.8. The molecule has 0 heterocycles. The molecule has 0 aliphatic carbocycles. The first kappa shape index (κ1) is 55.7. The Morgan fingerprint density at radius 2 is 0.881 bits per heavy atom. The van der Waals surface area contributed by atoms with Gasteiger partial charge in [-0.1, -0.05) is 137 Å². The van der Waals surface area contributed by atoms with Crippen molar-refractivity contribution in [3.8, 4) is 23.7 Å². The molecule has 3 aromatic rings. The fourth-order valence-electron chi connectivity index (χ4n) is 7.09. The molecule has 0 aromatic heterocycles. The third-order valence-electron chi connectivity index (χ3n) is 10.7. The SMILES string of the molecule is CCCCCCCC(OC)[C@H](OC(=O)[C@@](OC)(c1ccccc1)C(F)(F)F)[C@@H](C#CC#C[C@H](CC)OC(=O)[C@@](OC)(c1ccccc1)C(F)(F)F)OC(=O)[C@@](OC)(c1ccccc1)C(F)(F)F. The average molecular weight is 959 g/mol. The lowest BCUT2D eigenvalue weighted by Gasteiger charge is -2.37. The largest absolute Gasteiger partial charge is 0.452 e. The number of carbonyl (C=O) groups excluding carboxylic acids is 3. The number of methoxy groups -OCH3 is 4. The third kappa shape index (κ3) is 12.5. The van der Waals surface area contributed by atoms with Crippen LogP contribution < -0.4 is 0 Å². The Morgan fingerprint density at radius 1 is 0.507 bits per heavy atom. The third-order valence-corrected chi connectivity index (χ3v) is 10.7. The van der Waals surface area contributed by atoms with Gasteiger partial charge in [0.15, 0.2) is 12.2 Å². The summed E-state index contributed by atoms with van der Waals surface area (Å²) in [7, 11) is 2.83. The molecular weight excluding hydrogens is 908 g/mol. The van der Waals surface area contributed by atoms with Crippen molar-refractivity contribution in [2.45, 2.75) is 119 Å². The molecule has 0 radical (unpaired) electrons. The summed E-state index contributed by atoms with van der Waals surface area (Å²) in [6.45, 7) is 3.31. The van der Waals surface area contributed by atoms with Crippen molar-refractivity contribution in [2.75, 3.05) is 28.4 Å². The van der Waals surface area contributed by atoms with Gasteiger partial charge in [-0.15, -0.1) is 0 Å². The highest BCUT2D eigenvalue weighted by atomic mass is 19.4. The number of hydrogen-bond donors (Lipinski definition) is 0. The maximum Gasteiger partial charge on any atom is 0.432 e. The zero-order valence-electron chi connectivity index (χ0n) is 37.4. The van der Waals surface area contributed by atoms with Gasteiger partial charge >= 0.3 is 36.4 Å². The lowest BCUT2D eigenvalue weighted by molar-refractivity contribution is -0.286. The predicted octanol–water partition coefficient (Wildman–Crippen LogP) is 9.83. The second kappa shape index (κ2) is 24.4. The number of esters is 3. The van der Waals surface area contributed by atoms with Gasteiger partial charge in [0, 0.05) is 45.1 Å². The Bertz CT molecular complexity index is 2160. The van der Waals surface area contributed by atoms with E-state index < -0.39 is 94.3 Å². The molecule has 3 aromatic carbocycles. The first-order valence-electron chi connectivity index (χ1n) is 20.8. The van der Waals surface area contributed by atoms with Gasteiger partial charge in [-0.05, 0) is 36.5 Å². The summed E-state index contributed by atoms with van der Waals surface area (Å²) in [5.41, 5.74) is -13.6. The molecule has 0 aliphatic rings. The van der Waals surface area contributed by atoms with Crippen LogP contribution in [-0.2, 0) is 64.3 Å². The number of unbranched alkanes of at least 4 members (excludes halogenated alkanes) is 4. The molecule has 19 heteroatoms. The van der Waals surface area contributed by atoms with Crippen LogP contribution in [0.1, 0.15) is 75.5 Å². The standard InChI is InChI=1S/C48H51F9O10/c1-7-9-10-11-21-31-37(61-3)39(67-42(60)45(64-6,48(55,56)57)35-28-19-14-20-29-35)38(66-41(59)44(63-5,47(52,53)54)34-26-17-13-18-27-34)32-23-22-30-36(8-2)65-40(58)43(62-4,46(49,50)51)33-24-15-12-16-25-33/h12-20,24-29,36-39H,7-11,21,31H2,1-6H3/t36-,37?,38+,39-,43-,44-,45-/m0/s1. The topological polar surface area (TPSA) is 116 Å². The molecule has 0 fully saturated rings. The van der Waals surface area contributed by atoms with E-state index in [1.54, 1.807) is 0 Å². The minimum absolute atomic E-state index is 0.139. The minimum Gasteiger partial charge on any atom is -0.452 e. The van der Waals surface area contributed by atoms with Crippen molar-refractivity contribution < 1.29 is 87.1 Å². The fraction of sp³-hybridized carbons (Fsp3) is 0.479. The monoisotopic (exact) mass is 958 g/mol. The van der Waals surface area contributed by atoms with Gasteiger partial charge in [0.1, 0.15) is 0 Å². The Labute approximate surface area is 382 Å². The van der Waals surface area contributed by atoms with Crippen molar-refractivity contribution in [1.82, 2.24) is 0 Å². The smallest absolute Gasteiger partial charge is 0.432 e. The molecule has 0 bridgehead atoms. The minimum atomic E-state index is -5.58. The molecule has 0 N–H and O–H groups in total. The molecule has 3 rings (SSSR count). The highest BCUT2D eigenvalue weighted by Gasteiger charge is 2.67. The van der Waals surface area contributed by atoms with Crippen LogP contribution in [0, 0.1) is 23.7 Å². The summed E-state index contributed by atoms with van der Waals surface area (Å²) in [5, 5.41) is 0. The average Bonchev–Trinajstić information content (AvgIpc) is 3.28. The van der Waals surface area contributed by atoms with Crippen molar-refractivity contribution >= 4 is 17.9 Å². The molecule has 366 valence electrons. The second-order valence-corrected chi connectivity index (χ2v) is 14.8. The summed E-state index contributed by atoms with van der Waals surface area (Å²) in [4.78, 5) is 41.6. The Hall–Kier alpha value is -5.60. The zero-order valence-corrected chi connectivity index (χ0v) is 37.4. The van der Waals surface area contributed by atoms with Crippen molar-refractivity contribution in [3.05, 3.63) is 108 Å². The fourth-order valence-corrected chi connectivity index (χ4v) is 7.09. The van der Waals surface area contributed by atoms with E-state index in [4.69, 9.17) is 33.2 Å². The van der Waals surface area contributed by atoms with Crippen LogP contribution in [-0.4, -0.2) is 89.3 Å². The van der Waals surface area contributed by atoms with Gasteiger partial charge in [0.25, 0.3) is 16.8 Å². The summed E-state index contributed by atoms with van der Waals surface area (Å²) in [6.07, 6.45) is -21.8. The Kier molecular flexibility index (Phi) is 20.3. The molecule has 1 unspecified atom stereocenters. The normalized spacial score (nSPS) is 16.4. The molecule has 0 saturated heterocycles. The van der Waals surface area contributed by atoms with Crippen molar-refractivity contribution in [1.29, 1.82) is 0 Å². The van der Waals surface area contributed by atoms with Crippen LogP contribution in [0.2, 0.25) is 0 Å². The first-order chi connectivity index (χ1) is 31.6. The van der Waals surface area contributed by atoms with E-state index in [1.807, 2.05) is 6.92 Å². The summed E-state index contributed by atoms with van der Waals surface area (Å²) >= 11 is 0. The van der Waals surface area contributed by atoms with Crippen molar-refractivity contribution in [2.24, 2.45) is 0 Å². The van der Waals surface area contributed by atoms with E-state index in [9.17, 15) is 27.6 Å². The van der Waals surface area contributed by atoms with Gasteiger partial charge in [-0.2, -0.15) is 39.5 Å². The van der Waals surface area contributed by atoms with E-state index in [-0.39, 0.29) is 19.3 Å². The summed E-state index contributed by atoms with van der Waals surface area (Å²) in [6, 6.07) is 16.8. The number of benzene rings is 3. The molecule has 0 saturated carbocycles. The van der Waals surface area contributed by atoms with Crippen LogP contribution in [0.15, 0.2) is 91.0 Å². The molecule has 0 aliphatic heterocycles. The van der Waals surface area contributed by atoms with E-state index in [1.165, 1.54) is 49.4 Å². The summed E-state index contributed by atoms with van der Waals surface area (Å²) < 4.78 is 171. The van der Waals surface area contributed by atoms with Gasteiger partial charge in [-0.3, -0.25) is 0 Å². The van der Waals surface area contributed by atoms with Crippen LogP contribution in [0.4, 0.5) is 39.5 Å². The van der Waals surface area contributed by atoms with Crippen LogP contribution in [0.3, 0.4) is 0 Å². The Morgan fingerprint density at radius 3 is 1.24 bits per heavy atom. The molecule has 7 atom stereocenters. The predicted molar refractivity (Wildman–Crippen MR) is 223 cm³/mol. The lowest BCUT2D eigenvalue weighted by atomic mass is 9.91.